The first kappa shape index (κ1) is 30.5. The molecule has 0 amide bonds. The minimum atomic E-state index is -9.24. The summed E-state index contributed by atoms with van der Waals surface area (Å²) >= 11 is 0. The third-order valence-electron chi connectivity index (χ3n) is 4.28. The quantitative estimate of drug-likeness (QED) is 0.336. The fraction of sp³-hybridized carbons (Fsp3) is 1.00. The standard InChI is InChI=1S/C11F22O/c12-2(13,7(22,23)11(31,32)33)1(9(25,26)27,10(28,29)30)34-8(24)5(18,19)3(14,15)4(16,17)6(8,20)21. The van der Waals surface area contributed by atoms with Crippen molar-refractivity contribution in [3.63, 3.8) is 0 Å². The Labute approximate surface area is 168 Å². The van der Waals surface area contributed by atoms with Crippen LogP contribution in [0.3, 0.4) is 0 Å². The maximum absolute atomic E-state index is 14.1. The maximum atomic E-state index is 14.1. The molecule has 0 atom stereocenters. The molecule has 1 rings (SSSR count). The van der Waals surface area contributed by atoms with E-state index in [1.54, 1.807) is 0 Å². The minimum Gasteiger partial charge on any atom is -0.306 e. The zero-order valence-corrected chi connectivity index (χ0v) is 14.2. The van der Waals surface area contributed by atoms with Gasteiger partial charge in [0, 0.05) is 0 Å². The zero-order chi connectivity index (χ0) is 28.2. The van der Waals surface area contributed by atoms with E-state index < -0.39 is 65.5 Å². The van der Waals surface area contributed by atoms with Crippen LogP contribution in [0, 0.1) is 0 Å². The summed E-state index contributed by atoms with van der Waals surface area (Å²) in [6.45, 7) is 0. The summed E-state index contributed by atoms with van der Waals surface area (Å²) in [4.78, 5) is 0. The lowest BCUT2D eigenvalue weighted by molar-refractivity contribution is -0.525. The molecule has 0 heterocycles. The molecule has 1 fully saturated rings. The van der Waals surface area contributed by atoms with Gasteiger partial charge in [0.25, 0.3) is 0 Å². The molecule has 0 saturated heterocycles. The monoisotopic (exact) mass is 566 g/mol. The lowest BCUT2D eigenvalue weighted by Crippen LogP contribution is -2.79. The Bertz CT molecular complexity index is 753. The van der Waals surface area contributed by atoms with Crippen LogP contribution in [0.4, 0.5) is 96.6 Å². The number of rotatable bonds is 4. The van der Waals surface area contributed by atoms with Gasteiger partial charge in [-0.2, -0.15) is 96.6 Å². The molecular weight excluding hydrogens is 566 g/mol. The molecular formula is C11F22O. The van der Waals surface area contributed by atoms with Crippen LogP contribution < -0.4 is 0 Å². The Morgan fingerprint density at radius 2 is 0.618 bits per heavy atom. The number of ether oxygens (including phenoxy) is 1. The first-order chi connectivity index (χ1) is 14.2. The second-order valence-corrected chi connectivity index (χ2v) is 6.32. The van der Waals surface area contributed by atoms with E-state index in [0.717, 1.165) is 4.74 Å². The van der Waals surface area contributed by atoms with Crippen molar-refractivity contribution in [2.45, 2.75) is 65.5 Å². The predicted octanol–water partition coefficient (Wildman–Crippen LogP) is 6.92. The number of alkyl halides is 22. The molecule has 1 nitrogen and oxygen atoms in total. The molecule has 0 unspecified atom stereocenters. The molecule has 1 aliphatic carbocycles. The van der Waals surface area contributed by atoms with Crippen LogP contribution in [0.1, 0.15) is 0 Å². The zero-order valence-electron chi connectivity index (χ0n) is 14.2. The molecule has 0 aromatic carbocycles. The minimum absolute atomic E-state index is 1.06. The van der Waals surface area contributed by atoms with Crippen molar-refractivity contribution in [1.29, 1.82) is 0 Å². The van der Waals surface area contributed by atoms with E-state index >= 15 is 0 Å². The van der Waals surface area contributed by atoms with Crippen LogP contribution in [-0.2, 0) is 4.74 Å². The van der Waals surface area contributed by atoms with Gasteiger partial charge < -0.3 is 4.74 Å². The Hall–Kier alpha value is -1.58. The molecule has 1 aliphatic rings. The van der Waals surface area contributed by atoms with Crippen LogP contribution in [0.5, 0.6) is 0 Å². The Morgan fingerprint density at radius 3 is 0.824 bits per heavy atom. The summed E-state index contributed by atoms with van der Waals surface area (Å²) in [5.74, 6) is -59.7. The number of halogens is 22. The molecule has 0 N–H and O–H groups in total. The normalized spacial score (nSPS) is 24.9. The average molecular weight is 566 g/mol. The SMILES string of the molecule is FC(F)(F)C(F)(F)C(F)(F)C(OC1(F)C(F)(F)C(F)(F)C(F)(F)C1(F)F)(C(F)(F)F)C(F)(F)F. The molecule has 0 aromatic rings. The van der Waals surface area contributed by atoms with Crippen LogP contribution in [0.2, 0.25) is 0 Å². The van der Waals surface area contributed by atoms with E-state index in [1.807, 2.05) is 0 Å². The molecule has 0 aromatic heterocycles. The van der Waals surface area contributed by atoms with Crippen LogP contribution in [0.15, 0.2) is 0 Å². The summed E-state index contributed by atoms with van der Waals surface area (Å²) in [6, 6.07) is 0. The highest BCUT2D eigenvalue weighted by Crippen LogP contribution is 2.73. The topological polar surface area (TPSA) is 9.23 Å². The van der Waals surface area contributed by atoms with Crippen molar-refractivity contribution >= 4 is 0 Å². The van der Waals surface area contributed by atoms with E-state index in [0.29, 0.717) is 0 Å². The van der Waals surface area contributed by atoms with E-state index in [4.69, 9.17) is 0 Å². The van der Waals surface area contributed by atoms with Crippen molar-refractivity contribution in [1.82, 2.24) is 0 Å². The Morgan fingerprint density at radius 1 is 0.353 bits per heavy atom. The second kappa shape index (κ2) is 6.79. The molecule has 0 aliphatic heterocycles. The lowest BCUT2D eigenvalue weighted by atomic mass is 9.87. The van der Waals surface area contributed by atoms with Gasteiger partial charge in [-0.3, -0.25) is 0 Å². The van der Waals surface area contributed by atoms with E-state index in [1.165, 1.54) is 0 Å². The average Bonchev–Trinajstić information content (AvgIpc) is 2.58. The summed E-state index contributed by atoms with van der Waals surface area (Å²) in [5, 5.41) is 0. The Kier molecular flexibility index (Phi) is 6.08. The van der Waals surface area contributed by atoms with Crippen molar-refractivity contribution in [2.75, 3.05) is 0 Å². The molecule has 204 valence electrons. The van der Waals surface area contributed by atoms with Crippen molar-refractivity contribution < 1.29 is 101 Å². The van der Waals surface area contributed by atoms with Gasteiger partial charge in [-0.1, -0.05) is 0 Å². The van der Waals surface area contributed by atoms with Gasteiger partial charge in [-0.25, -0.2) is 0 Å². The summed E-state index contributed by atoms with van der Waals surface area (Å²) in [7, 11) is 0. The van der Waals surface area contributed by atoms with E-state index in [-0.39, 0.29) is 0 Å². The lowest BCUT2D eigenvalue weighted by Gasteiger charge is -2.47. The highest BCUT2D eigenvalue weighted by Gasteiger charge is 3.05. The van der Waals surface area contributed by atoms with Gasteiger partial charge in [0.05, 0.1) is 0 Å². The van der Waals surface area contributed by atoms with Gasteiger partial charge in [0.2, 0.25) is 0 Å². The number of hydrogen-bond acceptors (Lipinski definition) is 1. The molecule has 23 heteroatoms. The fourth-order valence-corrected chi connectivity index (χ4v) is 2.43. The maximum Gasteiger partial charge on any atom is 0.460 e. The third kappa shape index (κ3) is 2.95. The largest absolute Gasteiger partial charge is 0.460 e. The molecule has 0 radical (unpaired) electrons. The molecule has 34 heavy (non-hydrogen) atoms. The highest BCUT2D eigenvalue weighted by atomic mass is 19.4. The summed E-state index contributed by atoms with van der Waals surface area (Å²) < 4.78 is 288. The molecule has 0 bridgehead atoms. The molecule has 0 spiro atoms. The first-order valence-corrected chi connectivity index (χ1v) is 7.07. The van der Waals surface area contributed by atoms with Gasteiger partial charge in [0.1, 0.15) is 0 Å². The predicted molar refractivity (Wildman–Crippen MR) is 55.5 cm³/mol. The fourth-order valence-electron chi connectivity index (χ4n) is 2.43. The first-order valence-electron chi connectivity index (χ1n) is 7.07. The van der Waals surface area contributed by atoms with Gasteiger partial charge in [-0.05, 0) is 0 Å². The van der Waals surface area contributed by atoms with Crippen LogP contribution >= 0.6 is 0 Å². The van der Waals surface area contributed by atoms with Crippen molar-refractivity contribution in [2.24, 2.45) is 0 Å². The summed E-state index contributed by atoms with van der Waals surface area (Å²) in [6.07, 6.45) is -26.0. The van der Waals surface area contributed by atoms with E-state index in [9.17, 15) is 96.6 Å². The van der Waals surface area contributed by atoms with Gasteiger partial charge in [-0.15, -0.1) is 0 Å². The highest BCUT2D eigenvalue weighted by molar-refractivity contribution is 5.26. The molecule has 1 saturated carbocycles. The number of hydrogen-bond donors (Lipinski definition) is 0. The summed E-state index contributed by atoms with van der Waals surface area (Å²) in [5.41, 5.74) is -9.22. The van der Waals surface area contributed by atoms with Crippen molar-refractivity contribution in [3.05, 3.63) is 0 Å². The van der Waals surface area contributed by atoms with E-state index in [2.05, 4.69) is 0 Å². The second-order valence-electron chi connectivity index (χ2n) is 6.32. The van der Waals surface area contributed by atoms with Gasteiger partial charge in [0.15, 0.2) is 0 Å². The van der Waals surface area contributed by atoms with Crippen molar-refractivity contribution in [3.8, 4) is 0 Å². The van der Waals surface area contributed by atoms with Gasteiger partial charge >= 0.3 is 65.5 Å². The van der Waals surface area contributed by atoms with Crippen LogP contribution in [-0.4, -0.2) is 65.5 Å². The van der Waals surface area contributed by atoms with Crippen LogP contribution in [0.25, 0.3) is 0 Å². The Balaban J connectivity index is 4.28. The third-order valence-corrected chi connectivity index (χ3v) is 4.28. The smallest absolute Gasteiger partial charge is 0.306 e.